The third-order valence-corrected chi connectivity index (χ3v) is 4.02. The van der Waals surface area contributed by atoms with E-state index >= 15 is 0 Å². The number of urea groups is 1. The zero-order valence-corrected chi connectivity index (χ0v) is 12.4. The van der Waals surface area contributed by atoms with Crippen molar-refractivity contribution in [1.29, 1.82) is 0 Å². The second-order valence-electron chi connectivity index (χ2n) is 5.62. The van der Waals surface area contributed by atoms with Crippen molar-refractivity contribution in [3.63, 3.8) is 0 Å². The van der Waals surface area contributed by atoms with Gasteiger partial charge in [0, 0.05) is 12.2 Å². The predicted molar refractivity (Wildman–Crippen MR) is 82.3 cm³/mol. The lowest BCUT2D eigenvalue weighted by Crippen LogP contribution is -2.34. The van der Waals surface area contributed by atoms with Gasteiger partial charge in [-0.1, -0.05) is 12.1 Å². The molecule has 1 N–H and O–H groups in total. The molecule has 1 aromatic heterocycles. The van der Waals surface area contributed by atoms with E-state index in [0.717, 1.165) is 42.0 Å². The molecule has 1 saturated heterocycles. The Balaban J connectivity index is 1.77. The van der Waals surface area contributed by atoms with E-state index < -0.39 is 0 Å². The summed E-state index contributed by atoms with van der Waals surface area (Å²) in [4.78, 5) is 14.4. The van der Waals surface area contributed by atoms with Crippen molar-refractivity contribution in [2.45, 2.75) is 32.7 Å². The molecule has 2 aromatic rings. The van der Waals surface area contributed by atoms with Crippen LogP contribution in [-0.4, -0.2) is 17.5 Å². The molecule has 0 bridgehead atoms. The lowest BCUT2D eigenvalue weighted by molar-refractivity contribution is 0.200. The average molecular weight is 284 g/mol. The molecule has 110 valence electrons. The number of hydrogen-bond donors (Lipinski definition) is 1. The van der Waals surface area contributed by atoms with Gasteiger partial charge in [0.05, 0.1) is 12.3 Å². The molecule has 21 heavy (non-hydrogen) atoms. The summed E-state index contributed by atoms with van der Waals surface area (Å²) in [5.74, 6) is 0.864. The Kier molecular flexibility index (Phi) is 3.69. The minimum atomic E-state index is -0.0531. The molecule has 0 unspecified atom stereocenters. The van der Waals surface area contributed by atoms with Crippen LogP contribution < -0.4 is 5.32 Å². The van der Waals surface area contributed by atoms with Gasteiger partial charge in [-0.2, -0.15) is 0 Å². The number of furan rings is 1. The Morgan fingerprint density at radius 2 is 2.19 bits per heavy atom. The maximum absolute atomic E-state index is 12.6. The first-order chi connectivity index (χ1) is 10.1. The number of amides is 2. The zero-order valence-electron chi connectivity index (χ0n) is 12.4. The Morgan fingerprint density at radius 3 is 2.95 bits per heavy atom. The van der Waals surface area contributed by atoms with Gasteiger partial charge in [0.1, 0.15) is 5.76 Å². The summed E-state index contributed by atoms with van der Waals surface area (Å²) in [7, 11) is 0. The number of aryl methyl sites for hydroxylation is 2. The Labute approximate surface area is 124 Å². The van der Waals surface area contributed by atoms with Gasteiger partial charge in [-0.3, -0.25) is 0 Å². The Bertz CT molecular complexity index is 634. The summed E-state index contributed by atoms with van der Waals surface area (Å²) in [6.45, 7) is 4.79. The van der Waals surface area contributed by atoms with E-state index in [9.17, 15) is 4.79 Å². The van der Waals surface area contributed by atoms with Crippen LogP contribution in [0.3, 0.4) is 0 Å². The summed E-state index contributed by atoms with van der Waals surface area (Å²) in [5.41, 5.74) is 3.09. The number of carbonyl (C=O) groups is 1. The smallest absolute Gasteiger partial charge is 0.322 e. The summed E-state index contributed by atoms with van der Waals surface area (Å²) in [5, 5.41) is 3.03. The first kappa shape index (κ1) is 13.7. The molecule has 1 aromatic carbocycles. The number of nitrogens with zero attached hydrogens (tertiary/aromatic N) is 1. The molecule has 1 aliphatic heterocycles. The SMILES string of the molecule is Cc1ccc(C)c(NC(=O)N2CCC[C@@H]2c2ccco2)c1. The van der Waals surface area contributed by atoms with Gasteiger partial charge in [-0.25, -0.2) is 4.79 Å². The second kappa shape index (κ2) is 5.64. The van der Waals surface area contributed by atoms with Gasteiger partial charge >= 0.3 is 6.03 Å². The lowest BCUT2D eigenvalue weighted by Gasteiger charge is -2.24. The minimum Gasteiger partial charge on any atom is -0.467 e. The molecular formula is C17H20N2O2. The highest BCUT2D eigenvalue weighted by atomic mass is 16.3. The molecule has 0 radical (unpaired) electrons. The second-order valence-corrected chi connectivity index (χ2v) is 5.62. The molecule has 0 aliphatic carbocycles. The molecule has 0 spiro atoms. The highest BCUT2D eigenvalue weighted by Crippen LogP contribution is 2.32. The van der Waals surface area contributed by atoms with E-state index in [-0.39, 0.29) is 12.1 Å². The van der Waals surface area contributed by atoms with Crippen LogP contribution in [0, 0.1) is 13.8 Å². The van der Waals surface area contributed by atoms with Crippen LogP contribution in [0.15, 0.2) is 41.0 Å². The normalized spacial score (nSPS) is 18.0. The number of carbonyl (C=O) groups excluding carboxylic acids is 1. The fourth-order valence-corrected chi connectivity index (χ4v) is 2.84. The van der Waals surface area contributed by atoms with Crippen LogP contribution in [0.4, 0.5) is 10.5 Å². The molecule has 1 atom stereocenters. The van der Waals surface area contributed by atoms with E-state index in [1.807, 2.05) is 49.1 Å². The van der Waals surface area contributed by atoms with E-state index in [0.29, 0.717) is 0 Å². The van der Waals surface area contributed by atoms with E-state index in [1.165, 1.54) is 0 Å². The monoisotopic (exact) mass is 284 g/mol. The van der Waals surface area contributed by atoms with Gasteiger partial charge in [-0.05, 0) is 56.0 Å². The van der Waals surface area contributed by atoms with Gasteiger partial charge in [-0.15, -0.1) is 0 Å². The molecule has 1 aliphatic rings. The van der Waals surface area contributed by atoms with E-state index in [1.54, 1.807) is 6.26 Å². The van der Waals surface area contributed by atoms with E-state index in [2.05, 4.69) is 5.32 Å². The first-order valence-corrected chi connectivity index (χ1v) is 7.33. The van der Waals surface area contributed by atoms with Crippen molar-refractivity contribution in [1.82, 2.24) is 4.90 Å². The van der Waals surface area contributed by atoms with Gasteiger partial charge in [0.2, 0.25) is 0 Å². The highest BCUT2D eigenvalue weighted by Gasteiger charge is 2.31. The van der Waals surface area contributed by atoms with Crippen LogP contribution in [0.1, 0.15) is 35.8 Å². The molecule has 4 heteroatoms. The van der Waals surface area contributed by atoms with Crippen molar-refractivity contribution >= 4 is 11.7 Å². The molecule has 1 fully saturated rings. The molecule has 3 rings (SSSR count). The summed E-state index contributed by atoms with van der Waals surface area (Å²) in [6.07, 6.45) is 3.62. The van der Waals surface area contributed by atoms with Crippen molar-refractivity contribution < 1.29 is 9.21 Å². The lowest BCUT2D eigenvalue weighted by atomic mass is 10.1. The number of nitrogens with one attached hydrogen (secondary N) is 1. The zero-order chi connectivity index (χ0) is 14.8. The van der Waals surface area contributed by atoms with Crippen molar-refractivity contribution in [3.8, 4) is 0 Å². The predicted octanol–water partition coefficient (Wildman–Crippen LogP) is 4.27. The maximum Gasteiger partial charge on any atom is 0.322 e. The van der Waals surface area contributed by atoms with Crippen LogP contribution in [-0.2, 0) is 0 Å². The van der Waals surface area contributed by atoms with Gasteiger partial charge < -0.3 is 14.6 Å². The minimum absolute atomic E-state index is 0.0464. The Hall–Kier alpha value is -2.23. The topological polar surface area (TPSA) is 45.5 Å². The number of anilines is 1. The third-order valence-electron chi connectivity index (χ3n) is 4.02. The highest BCUT2D eigenvalue weighted by molar-refractivity contribution is 5.90. The molecule has 4 nitrogen and oxygen atoms in total. The Morgan fingerprint density at radius 1 is 1.33 bits per heavy atom. The van der Waals surface area contributed by atoms with Crippen molar-refractivity contribution in [2.75, 3.05) is 11.9 Å². The van der Waals surface area contributed by atoms with Crippen molar-refractivity contribution in [2.24, 2.45) is 0 Å². The van der Waals surface area contributed by atoms with Crippen LogP contribution in [0.2, 0.25) is 0 Å². The standard InChI is InChI=1S/C17H20N2O2/c1-12-7-8-13(2)14(11-12)18-17(20)19-9-3-5-15(19)16-6-4-10-21-16/h4,6-8,10-11,15H,3,5,9H2,1-2H3,(H,18,20)/t15-/m1/s1. The molecule has 0 saturated carbocycles. The quantitative estimate of drug-likeness (QED) is 0.895. The average Bonchev–Trinajstić information content (AvgIpc) is 3.12. The third kappa shape index (κ3) is 2.79. The fourth-order valence-electron chi connectivity index (χ4n) is 2.84. The summed E-state index contributed by atoms with van der Waals surface area (Å²) in [6, 6.07) is 9.88. The summed E-state index contributed by atoms with van der Waals surface area (Å²) < 4.78 is 5.47. The fraction of sp³-hybridized carbons (Fsp3) is 0.353. The van der Waals surface area contributed by atoms with Crippen LogP contribution in [0.25, 0.3) is 0 Å². The number of rotatable bonds is 2. The number of likely N-dealkylation sites (tertiary alicyclic amines) is 1. The molecular weight excluding hydrogens is 264 g/mol. The van der Waals surface area contributed by atoms with Gasteiger partial charge in [0.25, 0.3) is 0 Å². The largest absolute Gasteiger partial charge is 0.467 e. The van der Waals surface area contributed by atoms with Gasteiger partial charge in [0.15, 0.2) is 0 Å². The number of hydrogen-bond acceptors (Lipinski definition) is 2. The van der Waals surface area contributed by atoms with Crippen LogP contribution in [0.5, 0.6) is 0 Å². The first-order valence-electron chi connectivity index (χ1n) is 7.33. The maximum atomic E-state index is 12.6. The number of benzene rings is 1. The van der Waals surface area contributed by atoms with Crippen LogP contribution >= 0.6 is 0 Å². The molecule has 2 amide bonds. The van der Waals surface area contributed by atoms with Crippen molar-refractivity contribution in [3.05, 3.63) is 53.5 Å². The van der Waals surface area contributed by atoms with E-state index in [4.69, 9.17) is 4.42 Å². The molecule has 2 heterocycles. The summed E-state index contributed by atoms with van der Waals surface area (Å²) >= 11 is 0.